The lowest BCUT2D eigenvalue weighted by Gasteiger charge is -2.16. The van der Waals surface area contributed by atoms with Crippen LogP contribution in [-0.4, -0.2) is 26.7 Å². The standard InChI is InChI=1S/C10H16N2O4S/c1-6(11)10(13)7-3-4-8(16-2)9(5-7)17(12,14)15/h3-6,10,13H,11H2,1-2H3,(H2,12,14,15)/t6-,10-/m0/s1. The Kier molecular flexibility index (Phi) is 4.10. The minimum absolute atomic E-state index is 0.133. The first-order valence-corrected chi connectivity index (χ1v) is 6.46. The second kappa shape index (κ2) is 5.01. The van der Waals surface area contributed by atoms with E-state index in [-0.39, 0.29) is 10.6 Å². The summed E-state index contributed by atoms with van der Waals surface area (Å²) in [5.74, 6) is 0.133. The van der Waals surface area contributed by atoms with Crippen molar-refractivity contribution in [3.05, 3.63) is 23.8 Å². The average molecular weight is 260 g/mol. The summed E-state index contributed by atoms with van der Waals surface area (Å²) in [6.45, 7) is 1.62. The van der Waals surface area contributed by atoms with Crippen LogP contribution < -0.4 is 15.6 Å². The number of hydrogen-bond acceptors (Lipinski definition) is 5. The number of primary sulfonamides is 1. The van der Waals surface area contributed by atoms with Gasteiger partial charge in [0.25, 0.3) is 0 Å². The van der Waals surface area contributed by atoms with Crippen LogP contribution >= 0.6 is 0 Å². The first-order chi connectivity index (χ1) is 7.77. The molecule has 7 heteroatoms. The predicted octanol–water partition coefficient (Wildman–Crippen LogP) is -0.277. The summed E-state index contributed by atoms with van der Waals surface area (Å²) in [5.41, 5.74) is 5.92. The molecule has 0 fully saturated rings. The van der Waals surface area contributed by atoms with Gasteiger partial charge in [-0.1, -0.05) is 6.07 Å². The normalized spacial score (nSPS) is 15.4. The minimum Gasteiger partial charge on any atom is -0.495 e. The van der Waals surface area contributed by atoms with Gasteiger partial charge in [-0.2, -0.15) is 0 Å². The number of ether oxygens (including phenoxy) is 1. The van der Waals surface area contributed by atoms with Gasteiger partial charge < -0.3 is 15.6 Å². The minimum atomic E-state index is -3.90. The number of benzene rings is 1. The lowest BCUT2D eigenvalue weighted by Crippen LogP contribution is -2.24. The zero-order valence-electron chi connectivity index (χ0n) is 9.62. The molecular weight excluding hydrogens is 244 g/mol. The van der Waals surface area contributed by atoms with E-state index < -0.39 is 22.2 Å². The lowest BCUT2D eigenvalue weighted by molar-refractivity contribution is 0.153. The highest BCUT2D eigenvalue weighted by Crippen LogP contribution is 2.27. The van der Waals surface area contributed by atoms with Gasteiger partial charge in [0.05, 0.1) is 13.2 Å². The van der Waals surface area contributed by atoms with E-state index >= 15 is 0 Å². The zero-order chi connectivity index (χ0) is 13.2. The fraction of sp³-hybridized carbons (Fsp3) is 0.400. The van der Waals surface area contributed by atoms with Crippen LogP contribution in [0.5, 0.6) is 5.75 Å². The van der Waals surface area contributed by atoms with Gasteiger partial charge in [-0.3, -0.25) is 0 Å². The fourth-order valence-electron chi connectivity index (χ4n) is 1.40. The highest BCUT2D eigenvalue weighted by molar-refractivity contribution is 7.89. The molecule has 0 saturated heterocycles. The molecule has 1 aromatic carbocycles. The third-order valence-corrected chi connectivity index (χ3v) is 3.27. The van der Waals surface area contributed by atoms with E-state index in [2.05, 4.69) is 0 Å². The van der Waals surface area contributed by atoms with Crippen LogP contribution in [0, 0.1) is 0 Å². The summed E-state index contributed by atoms with van der Waals surface area (Å²) in [7, 11) is -2.57. The van der Waals surface area contributed by atoms with E-state index in [1.54, 1.807) is 13.0 Å². The Morgan fingerprint density at radius 3 is 2.41 bits per heavy atom. The molecule has 0 saturated carbocycles. The molecule has 0 unspecified atom stereocenters. The molecule has 0 spiro atoms. The van der Waals surface area contributed by atoms with Crippen molar-refractivity contribution in [2.24, 2.45) is 10.9 Å². The second-order valence-corrected chi connectivity index (χ2v) is 5.29. The molecule has 0 aromatic heterocycles. The van der Waals surface area contributed by atoms with Crippen LogP contribution in [0.25, 0.3) is 0 Å². The lowest BCUT2D eigenvalue weighted by atomic mass is 10.0. The number of aliphatic hydroxyl groups is 1. The molecule has 6 nitrogen and oxygen atoms in total. The van der Waals surface area contributed by atoms with Crippen LogP contribution in [0.4, 0.5) is 0 Å². The van der Waals surface area contributed by atoms with Crippen molar-refractivity contribution < 1.29 is 18.3 Å². The van der Waals surface area contributed by atoms with Gasteiger partial charge in [-0.25, -0.2) is 13.6 Å². The summed E-state index contributed by atoms with van der Waals surface area (Å²) in [6.07, 6.45) is -0.957. The average Bonchev–Trinajstić information content (AvgIpc) is 2.25. The molecule has 0 amide bonds. The Hall–Kier alpha value is -1.15. The highest BCUT2D eigenvalue weighted by atomic mass is 32.2. The fourth-order valence-corrected chi connectivity index (χ4v) is 2.14. The third-order valence-electron chi connectivity index (χ3n) is 2.33. The maximum Gasteiger partial charge on any atom is 0.241 e. The van der Waals surface area contributed by atoms with Crippen LogP contribution in [0.15, 0.2) is 23.1 Å². The molecule has 0 aliphatic carbocycles. The summed E-state index contributed by atoms with van der Waals surface area (Å²) >= 11 is 0. The van der Waals surface area contributed by atoms with Crippen molar-refractivity contribution in [1.82, 2.24) is 0 Å². The van der Waals surface area contributed by atoms with E-state index in [0.29, 0.717) is 5.56 Å². The summed E-state index contributed by atoms with van der Waals surface area (Å²) in [4.78, 5) is -0.169. The Balaban J connectivity index is 3.33. The van der Waals surface area contributed by atoms with Crippen molar-refractivity contribution in [1.29, 1.82) is 0 Å². The molecular formula is C10H16N2O4S. The SMILES string of the molecule is COc1ccc([C@@H](O)[C@H](C)N)cc1S(N)(=O)=O. The quantitative estimate of drug-likeness (QED) is 0.688. The number of sulfonamides is 1. The largest absolute Gasteiger partial charge is 0.495 e. The Labute approximate surface area is 100 Å². The number of nitrogens with two attached hydrogens (primary N) is 2. The molecule has 96 valence electrons. The van der Waals surface area contributed by atoms with Gasteiger partial charge in [0.1, 0.15) is 10.6 Å². The van der Waals surface area contributed by atoms with Crippen molar-refractivity contribution >= 4 is 10.0 Å². The molecule has 0 radical (unpaired) electrons. The molecule has 5 N–H and O–H groups in total. The number of aliphatic hydroxyl groups excluding tert-OH is 1. The van der Waals surface area contributed by atoms with E-state index in [1.807, 2.05) is 0 Å². The van der Waals surface area contributed by atoms with Gasteiger partial charge >= 0.3 is 0 Å². The third kappa shape index (κ3) is 3.16. The maximum absolute atomic E-state index is 11.3. The predicted molar refractivity (Wildman–Crippen MR) is 63.0 cm³/mol. The van der Waals surface area contributed by atoms with Gasteiger partial charge in [0, 0.05) is 6.04 Å². The maximum atomic E-state index is 11.3. The molecule has 0 bridgehead atoms. The molecule has 0 aliphatic heterocycles. The molecule has 17 heavy (non-hydrogen) atoms. The Morgan fingerprint density at radius 1 is 1.41 bits per heavy atom. The smallest absolute Gasteiger partial charge is 0.241 e. The number of rotatable bonds is 4. The van der Waals surface area contributed by atoms with E-state index in [1.165, 1.54) is 19.2 Å². The summed E-state index contributed by atoms with van der Waals surface area (Å²) < 4.78 is 27.6. The number of methoxy groups -OCH3 is 1. The topological polar surface area (TPSA) is 116 Å². The number of hydrogen-bond donors (Lipinski definition) is 3. The first kappa shape index (κ1) is 13.9. The molecule has 1 rings (SSSR count). The van der Waals surface area contributed by atoms with Crippen molar-refractivity contribution in [3.63, 3.8) is 0 Å². The van der Waals surface area contributed by atoms with Crippen LogP contribution in [-0.2, 0) is 10.0 Å². The molecule has 2 atom stereocenters. The Bertz CT molecular complexity index is 499. The highest BCUT2D eigenvalue weighted by Gasteiger charge is 2.19. The van der Waals surface area contributed by atoms with Crippen molar-refractivity contribution in [2.75, 3.05) is 7.11 Å². The van der Waals surface area contributed by atoms with Gasteiger partial charge in [-0.15, -0.1) is 0 Å². The van der Waals surface area contributed by atoms with Gasteiger partial charge in [-0.05, 0) is 24.6 Å². The van der Waals surface area contributed by atoms with Crippen LogP contribution in [0.1, 0.15) is 18.6 Å². The monoisotopic (exact) mass is 260 g/mol. The Morgan fingerprint density at radius 2 is 2.00 bits per heavy atom. The van der Waals surface area contributed by atoms with Crippen molar-refractivity contribution in [3.8, 4) is 5.75 Å². The van der Waals surface area contributed by atoms with Crippen molar-refractivity contribution in [2.45, 2.75) is 24.0 Å². The molecule has 0 aliphatic rings. The van der Waals surface area contributed by atoms with Crippen LogP contribution in [0.3, 0.4) is 0 Å². The van der Waals surface area contributed by atoms with E-state index in [4.69, 9.17) is 15.6 Å². The zero-order valence-corrected chi connectivity index (χ0v) is 10.4. The van der Waals surface area contributed by atoms with E-state index in [9.17, 15) is 13.5 Å². The van der Waals surface area contributed by atoms with Crippen LogP contribution in [0.2, 0.25) is 0 Å². The van der Waals surface area contributed by atoms with Gasteiger partial charge in [0.2, 0.25) is 10.0 Å². The summed E-state index contributed by atoms with van der Waals surface area (Å²) in [6, 6.07) is 3.72. The van der Waals surface area contributed by atoms with Gasteiger partial charge in [0.15, 0.2) is 0 Å². The summed E-state index contributed by atoms with van der Waals surface area (Å²) in [5, 5.41) is 14.8. The molecule has 0 heterocycles. The van der Waals surface area contributed by atoms with E-state index in [0.717, 1.165) is 0 Å². The first-order valence-electron chi connectivity index (χ1n) is 4.91. The second-order valence-electron chi connectivity index (χ2n) is 3.76. The molecule has 1 aromatic rings.